The van der Waals surface area contributed by atoms with Crippen molar-refractivity contribution in [3.05, 3.63) is 60.2 Å². The lowest BCUT2D eigenvalue weighted by Gasteiger charge is -2.38. The van der Waals surface area contributed by atoms with Crippen LogP contribution in [-0.4, -0.2) is 55.3 Å². The lowest BCUT2D eigenvalue weighted by atomic mass is 10.0. The quantitative estimate of drug-likeness (QED) is 0.876. The lowest BCUT2D eigenvalue weighted by molar-refractivity contribution is -0.143. The summed E-state index contributed by atoms with van der Waals surface area (Å²) < 4.78 is 5.16. The predicted octanol–water partition coefficient (Wildman–Crippen LogP) is 2.51. The van der Waals surface area contributed by atoms with Crippen molar-refractivity contribution in [1.29, 1.82) is 0 Å². The van der Waals surface area contributed by atoms with Gasteiger partial charge in [-0.15, -0.1) is 0 Å². The zero-order chi connectivity index (χ0) is 17.6. The molecule has 1 unspecified atom stereocenters. The number of hydrogen-bond acceptors (Lipinski definition) is 4. The average Bonchev–Trinajstić information content (AvgIpc) is 2.67. The minimum absolute atomic E-state index is 0.494. The number of aliphatic carboxylic acids is 1. The Bertz CT molecular complexity index is 680. The zero-order valence-electron chi connectivity index (χ0n) is 14.5. The molecule has 2 aromatic carbocycles. The third-order valence-corrected chi connectivity index (χ3v) is 4.75. The standard InChI is InChI=1S/C20H24N2O3/c1-25-18-9-7-16(8-10-18)15-19(20(23)24)22-13-11-21(12-14-22)17-5-3-2-4-6-17/h2-10,19H,11-15H2,1H3,(H,23,24). The highest BCUT2D eigenvalue weighted by molar-refractivity contribution is 5.74. The van der Waals surface area contributed by atoms with E-state index < -0.39 is 12.0 Å². The molecular formula is C20H24N2O3. The number of rotatable bonds is 6. The minimum Gasteiger partial charge on any atom is -0.497 e. The van der Waals surface area contributed by atoms with Crippen LogP contribution in [0.4, 0.5) is 5.69 Å². The molecule has 0 aromatic heterocycles. The highest BCUT2D eigenvalue weighted by atomic mass is 16.5. The van der Waals surface area contributed by atoms with E-state index in [4.69, 9.17) is 4.74 Å². The van der Waals surface area contributed by atoms with Crippen molar-refractivity contribution < 1.29 is 14.6 Å². The van der Waals surface area contributed by atoms with Gasteiger partial charge in [0.05, 0.1) is 7.11 Å². The van der Waals surface area contributed by atoms with E-state index in [9.17, 15) is 9.90 Å². The van der Waals surface area contributed by atoms with E-state index >= 15 is 0 Å². The number of nitrogens with zero attached hydrogens (tertiary/aromatic N) is 2. The van der Waals surface area contributed by atoms with Gasteiger partial charge in [0.2, 0.25) is 0 Å². The first-order chi connectivity index (χ1) is 12.2. The predicted molar refractivity (Wildman–Crippen MR) is 98.3 cm³/mol. The van der Waals surface area contributed by atoms with Gasteiger partial charge in [0.1, 0.15) is 11.8 Å². The number of piperazine rings is 1. The van der Waals surface area contributed by atoms with Crippen LogP contribution in [0.15, 0.2) is 54.6 Å². The second kappa shape index (κ2) is 8.03. The van der Waals surface area contributed by atoms with Crippen LogP contribution in [0.1, 0.15) is 5.56 Å². The molecule has 132 valence electrons. The molecule has 3 rings (SSSR count). The smallest absolute Gasteiger partial charge is 0.321 e. The summed E-state index contributed by atoms with van der Waals surface area (Å²) in [6.07, 6.45) is 0.505. The number of carbonyl (C=O) groups is 1. The topological polar surface area (TPSA) is 53.0 Å². The van der Waals surface area contributed by atoms with E-state index in [1.807, 2.05) is 42.5 Å². The molecule has 0 saturated carbocycles. The molecule has 1 N–H and O–H groups in total. The fraction of sp³-hybridized carbons (Fsp3) is 0.350. The van der Waals surface area contributed by atoms with Crippen molar-refractivity contribution in [2.45, 2.75) is 12.5 Å². The molecule has 0 amide bonds. The van der Waals surface area contributed by atoms with Gasteiger partial charge in [0.25, 0.3) is 0 Å². The van der Waals surface area contributed by atoms with Crippen LogP contribution in [0, 0.1) is 0 Å². The van der Waals surface area contributed by atoms with Gasteiger partial charge in [-0.3, -0.25) is 9.69 Å². The van der Waals surface area contributed by atoms with Gasteiger partial charge in [0, 0.05) is 31.9 Å². The van der Waals surface area contributed by atoms with E-state index in [0.29, 0.717) is 6.42 Å². The summed E-state index contributed by atoms with van der Waals surface area (Å²) in [6, 6.07) is 17.4. The molecule has 0 aliphatic carbocycles. The number of ether oxygens (including phenoxy) is 1. The molecule has 1 saturated heterocycles. The Kier molecular flexibility index (Phi) is 5.56. The van der Waals surface area contributed by atoms with Crippen molar-refractivity contribution in [3.8, 4) is 5.75 Å². The van der Waals surface area contributed by atoms with Gasteiger partial charge >= 0.3 is 5.97 Å². The van der Waals surface area contributed by atoms with Crippen molar-refractivity contribution in [2.24, 2.45) is 0 Å². The van der Waals surface area contributed by atoms with Gasteiger partial charge in [-0.05, 0) is 36.2 Å². The van der Waals surface area contributed by atoms with Crippen molar-refractivity contribution in [3.63, 3.8) is 0 Å². The SMILES string of the molecule is COc1ccc(CC(C(=O)O)N2CCN(c3ccccc3)CC2)cc1. The first-order valence-corrected chi connectivity index (χ1v) is 8.57. The highest BCUT2D eigenvalue weighted by Gasteiger charge is 2.29. The van der Waals surface area contributed by atoms with Crippen LogP contribution < -0.4 is 9.64 Å². The maximum atomic E-state index is 11.8. The summed E-state index contributed by atoms with van der Waals surface area (Å²) in [4.78, 5) is 16.2. The monoisotopic (exact) mass is 340 g/mol. The molecule has 1 aliphatic heterocycles. The summed E-state index contributed by atoms with van der Waals surface area (Å²) in [6.45, 7) is 3.19. The van der Waals surface area contributed by atoms with E-state index in [1.165, 1.54) is 5.69 Å². The summed E-state index contributed by atoms with van der Waals surface area (Å²) in [5.41, 5.74) is 2.21. The van der Waals surface area contributed by atoms with E-state index in [-0.39, 0.29) is 0 Å². The summed E-state index contributed by atoms with van der Waals surface area (Å²) in [5.74, 6) is 0.0241. The summed E-state index contributed by atoms with van der Waals surface area (Å²) in [5, 5.41) is 9.69. The van der Waals surface area contributed by atoms with Crippen LogP contribution >= 0.6 is 0 Å². The molecule has 1 fully saturated rings. The second-order valence-corrected chi connectivity index (χ2v) is 6.26. The summed E-state index contributed by atoms with van der Waals surface area (Å²) in [7, 11) is 1.63. The van der Waals surface area contributed by atoms with Crippen LogP contribution in [0.2, 0.25) is 0 Å². The molecular weight excluding hydrogens is 316 g/mol. The minimum atomic E-state index is -0.760. The van der Waals surface area contributed by atoms with Gasteiger partial charge in [-0.1, -0.05) is 30.3 Å². The fourth-order valence-electron chi connectivity index (χ4n) is 3.29. The normalized spacial score (nSPS) is 16.4. The molecule has 1 aliphatic rings. The number of hydrogen-bond donors (Lipinski definition) is 1. The average molecular weight is 340 g/mol. The maximum Gasteiger partial charge on any atom is 0.321 e. The molecule has 2 aromatic rings. The molecule has 1 atom stereocenters. The number of anilines is 1. The highest BCUT2D eigenvalue weighted by Crippen LogP contribution is 2.19. The molecule has 1 heterocycles. The van der Waals surface area contributed by atoms with Crippen LogP contribution in [0.5, 0.6) is 5.75 Å². The van der Waals surface area contributed by atoms with Crippen molar-refractivity contribution >= 4 is 11.7 Å². The van der Waals surface area contributed by atoms with E-state index in [0.717, 1.165) is 37.5 Å². The van der Waals surface area contributed by atoms with Crippen LogP contribution in [0.3, 0.4) is 0 Å². The van der Waals surface area contributed by atoms with Gasteiger partial charge < -0.3 is 14.7 Å². The molecule has 5 nitrogen and oxygen atoms in total. The number of para-hydroxylation sites is 1. The number of methoxy groups -OCH3 is 1. The number of benzene rings is 2. The third-order valence-electron chi connectivity index (χ3n) is 4.75. The Morgan fingerprint density at radius 2 is 1.68 bits per heavy atom. The first-order valence-electron chi connectivity index (χ1n) is 8.57. The van der Waals surface area contributed by atoms with Gasteiger partial charge in [-0.2, -0.15) is 0 Å². The summed E-state index contributed by atoms with van der Waals surface area (Å²) >= 11 is 0. The molecule has 5 heteroatoms. The fourth-order valence-corrected chi connectivity index (χ4v) is 3.29. The molecule has 0 bridgehead atoms. The second-order valence-electron chi connectivity index (χ2n) is 6.26. The largest absolute Gasteiger partial charge is 0.497 e. The molecule has 0 spiro atoms. The van der Waals surface area contributed by atoms with Gasteiger partial charge in [-0.25, -0.2) is 0 Å². The maximum absolute atomic E-state index is 11.8. The Morgan fingerprint density at radius 3 is 2.24 bits per heavy atom. The number of carboxylic acids is 1. The van der Waals surface area contributed by atoms with Crippen LogP contribution in [-0.2, 0) is 11.2 Å². The van der Waals surface area contributed by atoms with Gasteiger partial charge in [0.15, 0.2) is 0 Å². The number of carboxylic acid groups (broad SMARTS) is 1. The van der Waals surface area contributed by atoms with Crippen molar-refractivity contribution in [2.75, 3.05) is 38.2 Å². The zero-order valence-corrected chi connectivity index (χ0v) is 14.5. The Labute approximate surface area is 148 Å². The Balaban J connectivity index is 1.62. The molecule has 0 radical (unpaired) electrons. The van der Waals surface area contributed by atoms with Crippen LogP contribution in [0.25, 0.3) is 0 Å². The van der Waals surface area contributed by atoms with E-state index in [2.05, 4.69) is 21.9 Å². The van der Waals surface area contributed by atoms with E-state index in [1.54, 1.807) is 7.11 Å². The lowest BCUT2D eigenvalue weighted by Crippen LogP contribution is -2.53. The Morgan fingerprint density at radius 1 is 1.04 bits per heavy atom. The Hall–Kier alpha value is -2.53. The molecule has 25 heavy (non-hydrogen) atoms. The third kappa shape index (κ3) is 4.31. The first kappa shape index (κ1) is 17.3. The van der Waals surface area contributed by atoms with Crippen molar-refractivity contribution in [1.82, 2.24) is 4.90 Å².